The number of hydrogen-bond donors (Lipinski definition) is 1. The van der Waals surface area contributed by atoms with Crippen LogP contribution in [0, 0.1) is 0 Å². The molecule has 116 valence electrons. The van der Waals surface area contributed by atoms with Crippen LogP contribution in [0.25, 0.3) is 5.70 Å². The van der Waals surface area contributed by atoms with Crippen molar-refractivity contribution >= 4 is 17.3 Å². The number of likely N-dealkylation sites (N-methyl/N-ethyl adjacent to an activating group) is 1. The predicted octanol–water partition coefficient (Wildman–Crippen LogP) is 3.48. The van der Waals surface area contributed by atoms with Gasteiger partial charge in [-0.25, -0.2) is 4.99 Å². The summed E-state index contributed by atoms with van der Waals surface area (Å²) in [5, 5.41) is 3.10. The van der Waals surface area contributed by atoms with Gasteiger partial charge in [-0.2, -0.15) is 0 Å². The molecule has 0 radical (unpaired) electrons. The van der Waals surface area contributed by atoms with E-state index in [1.807, 2.05) is 38.2 Å². The summed E-state index contributed by atoms with van der Waals surface area (Å²) in [6.45, 7) is 13.6. The van der Waals surface area contributed by atoms with Crippen LogP contribution in [0.2, 0.25) is 0 Å². The molecular weight excluding hydrogens is 262 g/mol. The van der Waals surface area contributed by atoms with Gasteiger partial charge in [0.15, 0.2) is 0 Å². The van der Waals surface area contributed by atoms with Crippen LogP contribution in [0.1, 0.15) is 26.3 Å². The number of nitrogens with one attached hydrogen (secondary N) is 1. The van der Waals surface area contributed by atoms with Crippen molar-refractivity contribution in [1.29, 1.82) is 0 Å². The van der Waals surface area contributed by atoms with Gasteiger partial charge in [0, 0.05) is 12.7 Å². The molecule has 0 aromatic heterocycles. The van der Waals surface area contributed by atoms with E-state index in [4.69, 9.17) is 4.74 Å². The Morgan fingerprint density at radius 2 is 1.81 bits per heavy atom. The number of hydrogen-bond acceptors (Lipinski definition) is 4. The highest BCUT2D eigenvalue weighted by molar-refractivity contribution is 5.85. The maximum atomic E-state index is 5.65. The molecule has 0 amide bonds. The van der Waals surface area contributed by atoms with E-state index in [2.05, 4.69) is 35.6 Å². The van der Waals surface area contributed by atoms with Crippen LogP contribution < -0.4 is 5.32 Å². The second-order valence-electron chi connectivity index (χ2n) is 4.67. The van der Waals surface area contributed by atoms with Crippen LogP contribution >= 0.6 is 0 Å². The maximum Gasteiger partial charge on any atom is 0.203 e. The molecule has 4 nitrogen and oxygen atoms in total. The molecule has 0 atom stereocenters. The molecule has 1 aromatic carbocycles. The Hall–Kier alpha value is -1.81. The number of rotatable bonds is 8. The second-order valence-corrected chi connectivity index (χ2v) is 4.67. The molecule has 0 aliphatic heterocycles. The first-order valence-electron chi connectivity index (χ1n) is 7.54. The molecule has 0 aliphatic carbocycles. The monoisotopic (exact) mass is 289 g/mol. The summed E-state index contributed by atoms with van der Waals surface area (Å²) in [5.41, 5.74) is 2.81. The van der Waals surface area contributed by atoms with Crippen LogP contribution in [-0.2, 0) is 4.74 Å². The highest BCUT2D eigenvalue weighted by Crippen LogP contribution is 2.17. The summed E-state index contributed by atoms with van der Waals surface area (Å²) >= 11 is 0. The Labute approximate surface area is 128 Å². The highest BCUT2D eigenvalue weighted by atomic mass is 16.5. The fourth-order valence-electron chi connectivity index (χ4n) is 1.96. The third-order valence-corrected chi connectivity index (χ3v) is 3.33. The fourth-order valence-corrected chi connectivity index (χ4v) is 1.96. The number of ether oxygens (including phenoxy) is 1. The van der Waals surface area contributed by atoms with Gasteiger partial charge in [-0.05, 0) is 37.7 Å². The second kappa shape index (κ2) is 9.19. The average molecular weight is 289 g/mol. The minimum Gasteiger partial charge on any atom is -0.480 e. The van der Waals surface area contributed by atoms with E-state index >= 15 is 0 Å². The number of nitrogens with zero attached hydrogens (tertiary/aromatic N) is 2. The van der Waals surface area contributed by atoms with Gasteiger partial charge in [0.2, 0.25) is 5.90 Å². The molecule has 0 bridgehead atoms. The lowest BCUT2D eigenvalue weighted by atomic mass is 10.1. The van der Waals surface area contributed by atoms with Gasteiger partial charge in [0.05, 0.1) is 18.8 Å². The minimum absolute atomic E-state index is 0.617. The average Bonchev–Trinajstić information content (AvgIpc) is 2.52. The largest absolute Gasteiger partial charge is 0.480 e. The first-order valence-corrected chi connectivity index (χ1v) is 7.54. The van der Waals surface area contributed by atoms with Gasteiger partial charge in [-0.1, -0.05) is 32.6 Å². The van der Waals surface area contributed by atoms with Gasteiger partial charge < -0.3 is 10.1 Å². The molecule has 1 aromatic rings. The predicted molar refractivity (Wildman–Crippen MR) is 91.9 cm³/mol. The number of anilines is 1. The fraction of sp³-hybridized carbons (Fsp3) is 0.471. The van der Waals surface area contributed by atoms with Gasteiger partial charge in [0.1, 0.15) is 0 Å². The minimum atomic E-state index is 0.617. The SMILES string of the molecule is C=C(N=C(CN(CC)CC)OCC)c1ccc(NC)cc1. The van der Waals surface area contributed by atoms with Gasteiger partial charge in [-0.3, -0.25) is 4.90 Å². The van der Waals surface area contributed by atoms with Crippen LogP contribution in [-0.4, -0.2) is 44.1 Å². The van der Waals surface area contributed by atoms with Crippen molar-refractivity contribution in [1.82, 2.24) is 4.90 Å². The lowest BCUT2D eigenvalue weighted by molar-refractivity contribution is 0.275. The van der Waals surface area contributed by atoms with Crippen LogP contribution in [0.15, 0.2) is 35.8 Å². The first kappa shape index (κ1) is 17.2. The van der Waals surface area contributed by atoms with E-state index in [0.29, 0.717) is 13.2 Å². The van der Waals surface area contributed by atoms with E-state index in [0.717, 1.165) is 35.9 Å². The standard InChI is InChI=1S/C17H27N3O/c1-6-20(7-2)13-17(21-8-3)19-14(4)15-9-11-16(18-5)12-10-15/h9-12,18H,4,6-8,13H2,1-3,5H3. The molecule has 0 heterocycles. The van der Waals surface area contributed by atoms with Gasteiger partial charge in [-0.15, -0.1) is 0 Å². The number of benzene rings is 1. The maximum absolute atomic E-state index is 5.65. The Bertz CT molecular complexity index is 461. The molecular formula is C17H27N3O. The van der Waals surface area contributed by atoms with Crippen molar-refractivity contribution in [3.8, 4) is 0 Å². The highest BCUT2D eigenvalue weighted by Gasteiger charge is 2.08. The van der Waals surface area contributed by atoms with Crippen molar-refractivity contribution in [3.63, 3.8) is 0 Å². The van der Waals surface area contributed by atoms with Crippen LogP contribution in [0.3, 0.4) is 0 Å². The van der Waals surface area contributed by atoms with Crippen molar-refractivity contribution in [2.45, 2.75) is 20.8 Å². The Morgan fingerprint density at radius 3 is 2.29 bits per heavy atom. The molecule has 4 heteroatoms. The molecule has 0 unspecified atom stereocenters. The number of aliphatic imine (C=N–C) groups is 1. The lowest BCUT2D eigenvalue weighted by Crippen LogP contribution is -2.30. The molecule has 1 rings (SSSR count). The van der Waals surface area contributed by atoms with Crippen molar-refractivity contribution in [2.24, 2.45) is 4.99 Å². The smallest absolute Gasteiger partial charge is 0.203 e. The zero-order valence-corrected chi connectivity index (χ0v) is 13.6. The van der Waals surface area contributed by atoms with E-state index in [9.17, 15) is 0 Å². The van der Waals surface area contributed by atoms with Crippen LogP contribution in [0.5, 0.6) is 0 Å². The molecule has 0 spiro atoms. The normalized spacial score (nSPS) is 11.6. The third kappa shape index (κ3) is 5.60. The topological polar surface area (TPSA) is 36.9 Å². The summed E-state index contributed by atoms with van der Waals surface area (Å²) in [6, 6.07) is 8.05. The zero-order valence-electron chi connectivity index (χ0n) is 13.6. The molecule has 1 N–H and O–H groups in total. The van der Waals surface area contributed by atoms with E-state index in [1.54, 1.807) is 0 Å². The molecule has 0 fully saturated rings. The summed E-state index contributed by atoms with van der Waals surface area (Å²) in [7, 11) is 1.90. The Morgan fingerprint density at radius 1 is 1.19 bits per heavy atom. The van der Waals surface area contributed by atoms with E-state index in [-0.39, 0.29) is 0 Å². The van der Waals surface area contributed by atoms with Gasteiger partial charge >= 0.3 is 0 Å². The van der Waals surface area contributed by atoms with E-state index < -0.39 is 0 Å². The summed E-state index contributed by atoms with van der Waals surface area (Å²) < 4.78 is 5.65. The molecule has 21 heavy (non-hydrogen) atoms. The lowest BCUT2D eigenvalue weighted by Gasteiger charge is -2.19. The molecule has 0 saturated heterocycles. The molecule has 0 aliphatic rings. The Balaban J connectivity index is 2.84. The van der Waals surface area contributed by atoms with Crippen molar-refractivity contribution in [3.05, 3.63) is 36.4 Å². The van der Waals surface area contributed by atoms with Gasteiger partial charge in [0.25, 0.3) is 0 Å². The summed E-state index contributed by atoms with van der Waals surface area (Å²) in [4.78, 5) is 6.84. The first-order chi connectivity index (χ1) is 10.1. The third-order valence-electron chi connectivity index (χ3n) is 3.33. The molecule has 0 saturated carbocycles. The van der Waals surface area contributed by atoms with Crippen molar-refractivity contribution < 1.29 is 4.74 Å². The quantitative estimate of drug-likeness (QED) is 0.588. The summed E-state index contributed by atoms with van der Waals surface area (Å²) in [6.07, 6.45) is 0. The van der Waals surface area contributed by atoms with Crippen LogP contribution in [0.4, 0.5) is 5.69 Å². The van der Waals surface area contributed by atoms with Crippen molar-refractivity contribution in [2.75, 3.05) is 38.6 Å². The Kier molecular flexibility index (Phi) is 7.54. The zero-order chi connectivity index (χ0) is 15.7. The van der Waals surface area contributed by atoms with E-state index in [1.165, 1.54) is 0 Å². The summed E-state index contributed by atoms with van der Waals surface area (Å²) in [5.74, 6) is 0.726.